The zero-order valence-electron chi connectivity index (χ0n) is 5.96. The molecule has 0 saturated heterocycles. The van der Waals surface area contributed by atoms with Crippen LogP contribution in [0.25, 0.3) is 0 Å². The van der Waals surface area contributed by atoms with E-state index in [1.807, 2.05) is 0 Å². The number of hydrazine groups is 2. The van der Waals surface area contributed by atoms with Crippen molar-refractivity contribution in [2.24, 2.45) is 16.7 Å². The molecule has 0 heterocycles. The van der Waals surface area contributed by atoms with Gasteiger partial charge in [-0.2, -0.15) is 0 Å². The van der Waals surface area contributed by atoms with Crippen LogP contribution >= 0.6 is 12.4 Å². The van der Waals surface area contributed by atoms with Crippen LogP contribution < -0.4 is 11.7 Å². The summed E-state index contributed by atoms with van der Waals surface area (Å²) in [5.74, 6) is 9.78. The molecule has 0 fully saturated rings. The van der Waals surface area contributed by atoms with Crippen molar-refractivity contribution >= 4 is 24.1 Å². The molecule has 0 spiro atoms. The Morgan fingerprint density at radius 3 is 1.90 bits per heavy atom. The topological polar surface area (TPSA) is 91.5 Å². The summed E-state index contributed by atoms with van der Waals surface area (Å²) < 4.78 is 0. The van der Waals surface area contributed by atoms with Crippen LogP contribution in [0, 0.1) is 5.41 Å². The third kappa shape index (κ3) is 5.49. The molecule has 0 bridgehead atoms. The molecule has 6 heteroatoms. The molecule has 10 heavy (non-hydrogen) atoms. The first-order valence-corrected chi connectivity index (χ1v) is 2.44. The smallest absolute Gasteiger partial charge is 0.247 e. The maximum absolute atomic E-state index is 6.96. The van der Waals surface area contributed by atoms with E-state index in [1.54, 1.807) is 13.8 Å². The van der Waals surface area contributed by atoms with Crippen LogP contribution in [0.1, 0.15) is 13.8 Å². The van der Waals surface area contributed by atoms with Crippen LogP contribution in [0.2, 0.25) is 0 Å². The number of halogens is 1. The number of nitrogens with zero attached hydrogens (tertiary/aromatic N) is 2. The van der Waals surface area contributed by atoms with Crippen molar-refractivity contribution in [1.29, 1.82) is 5.41 Å². The van der Waals surface area contributed by atoms with Crippen LogP contribution in [0.4, 0.5) is 0 Å². The molecule has 60 valence electrons. The fourth-order valence-corrected chi connectivity index (χ4v) is 0.270. The van der Waals surface area contributed by atoms with E-state index < -0.39 is 0 Å². The molecule has 0 aromatic heterocycles. The number of nitrogens with one attached hydrogen (secondary N) is 1. The van der Waals surface area contributed by atoms with Crippen molar-refractivity contribution in [3.05, 3.63) is 0 Å². The Morgan fingerprint density at radius 1 is 1.40 bits per heavy atom. The molecule has 0 aromatic carbocycles. The lowest BCUT2D eigenvalue weighted by atomic mass is 10.5. The first kappa shape index (κ1) is 12.1. The van der Waals surface area contributed by atoms with E-state index in [4.69, 9.17) is 17.1 Å². The molecule has 0 unspecified atom stereocenters. The van der Waals surface area contributed by atoms with Crippen LogP contribution in [0.5, 0.6) is 0 Å². The highest BCUT2D eigenvalue weighted by Crippen LogP contribution is 1.78. The summed E-state index contributed by atoms with van der Waals surface area (Å²) in [5.41, 5.74) is 0.751. The largest absolute Gasteiger partial charge is 0.265 e. The molecule has 5 nitrogen and oxygen atoms in total. The first-order valence-electron chi connectivity index (χ1n) is 2.44. The molecule has 0 radical (unpaired) electrons. The highest BCUT2D eigenvalue weighted by Gasteiger charge is 1.93. The van der Waals surface area contributed by atoms with Gasteiger partial charge in [-0.3, -0.25) is 5.41 Å². The maximum Gasteiger partial charge on any atom is 0.247 e. The Balaban J connectivity index is 0. The molecular weight excluding hydrogens is 154 g/mol. The number of hydrogen-bond donors (Lipinski definition) is 3. The summed E-state index contributed by atoms with van der Waals surface area (Å²) >= 11 is 0. The number of aliphatic imine (C=N–C) groups is 1. The standard InChI is InChI=1S/C4H11N5.ClH/c1-3(2)8-4(5)9(6)7;/h5H,6-7H2,1-2H3;1H. The van der Waals surface area contributed by atoms with E-state index in [-0.39, 0.29) is 18.4 Å². The number of guanidine groups is 1. The summed E-state index contributed by atoms with van der Waals surface area (Å²) in [5, 5.41) is 7.62. The van der Waals surface area contributed by atoms with Gasteiger partial charge < -0.3 is 0 Å². The van der Waals surface area contributed by atoms with Crippen molar-refractivity contribution in [3.63, 3.8) is 0 Å². The van der Waals surface area contributed by atoms with Gasteiger partial charge in [-0.05, 0) is 13.8 Å². The summed E-state index contributed by atoms with van der Waals surface area (Å²) in [6.07, 6.45) is 0. The molecular formula is C4H12ClN5. The molecule has 0 amide bonds. The average Bonchev–Trinajstić information content (AvgIpc) is 1.63. The number of rotatable bonds is 0. The maximum atomic E-state index is 6.96. The van der Waals surface area contributed by atoms with Gasteiger partial charge in [-0.15, -0.1) is 12.4 Å². The van der Waals surface area contributed by atoms with E-state index >= 15 is 0 Å². The van der Waals surface area contributed by atoms with E-state index in [9.17, 15) is 0 Å². The summed E-state index contributed by atoms with van der Waals surface area (Å²) in [4.78, 5) is 3.65. The number of hydrogen-bond acceptors (Lipinski definition) is 3. The minimum atomic E-state index is -0.144. The quantitative estimate of drug-likeness (QED) is 0.202. The van der Waals surface area contributed by atoms with Crippen molar-refractivity contribution in [2.45, 2.75) is 13.8 Å². The lowest BCUT2D eigenvalue weighted by Crippen LogP contribution is -2.42. The fourth-order valence-electron chi connectivity index (χ4n) is 0.270. The molecule has 0 aromatic rings. The zero-order chi connectivity index (χ0) is 7.44. The Hall–Kier alpha value is -0.650. The van der Waals surface area contributed by atoms with Gasteiger partial charge in [0, 0.05) is 5.71 Å². The fraction of sp³-hybridized carbons (Fsp3) is 0.500. The highest BCUT2D eigenvalue weighted by molar-refractivity contribution is 5.92. The van der Waals surface area contributed by atoms with Crippen molar-refractivity contribution in [3.8, 4) is 0 Å². The highest BCUT2D eigenvalue weighted by atomic mass is 35.5. The molecule has 0 aliphatic carbocycles. The van der Waals surface area contributed by atoms with Gasteiger partial charge in [-0.25, -0.2) is 21.8 Å². The Bertz CT molecular complexity index is 137. The Kier molecular flexibility index (Phi) is 6.23. The lowest BCUT2D eigenvalue weighted by molar-refractivity contribution is 0.456. The minimum Gasteiger partial charge on any atom is -0.265 e. The van der Waals surface area contributed by atoms with Crippen molar-refractivity contribution < 1.29 is 0 Å². The Morgan fingerprint density at radius 2 is 1.80 bits per heavy atom. The second-order valence-corrected chi connectivity index (χ2v) is 1.79. The van der Waals surface area contributed by atoms with Crippen LogP contribution in [0.3, 0.4) is 0 Å². The van der Waals surface area contributed by atoms with Gasteiger partial charge in [0.2, 0.25) is 5.96 Å². The lowest BCUT2D eigenvalue weighted by Gasteiger charge is -2.06. The van der Waals surface area contributed by atoms with E-state index in [0.29, 0.717) is 5.12 Å². The predicted octanol–water partition coefficient (Wildman–Crippen LogP) is -0.127. The summed E-state index contributed by atoms with van der Waals surface area (Å²) in [7, 11) is 0. The monoisotopic (exact) mass is 165 g/mol. The second kappa shape index (κ2) is 5.16. The second-order valence-electron chi connectivity index (χ2n) is 1.79. The third-order valence-corrected chi connectivity index (χ3v) is 0.574. The number of nitrogens with two attached hydrogens (primary N) is 2. The Labute approximate surface area is 65.9 Å². The van der Waals surface area contributed by atoms with Crippen LogP contribution in [-0.4, -0.2) is 16.8 Å². The minimum absolute atomic E-state index is 0. The van der Waals surface area contributed by atoms with E-state index in [2.05, 4.69) is 4.99 Å². The van der Waals surface area contributed by atoms with E-state index in [1.165, 1.54) is 0 Å². The van der Waals surface area contributed by atoms with Crippen molar-refractivity contribution in [2.75, 3.05) is 0 Å². The van der Waals surface area contributed by atoms with Gasteiger partial charge in [0.25, 0.3) is 0 Å². The van der Waals surface area contributed by atoms with Crippen molar-refractivity contribution in [1.82, 2.24) is 5.12 Å². The average molecular weight is 166 g/mol. The van der Waals surface area contributed by atoms with Gasteiger partial charge in [0.15, 0.2) is 0 Å². The third-order valence-electron chi connectivity index (χ3n) is 0.574. The van der Waals surface area contributed by atoms with Crippen LogP contribution in [-0.2, 0) is 0 Å². The first-order chi connectivity index (χ1) is 4.04. The molecule has 0 atom stereocenters. The molecule has 0 aliphatic rings. The molecule has 0 saturated carbocycles. The SMILES string of the molecule is CC(C)=NC(=N)N(N)N.Cl. The predicted molar refractivity (Wildman–Crippen MR) is 44.0 cm³/mol. The summed E-state index contributed by atoms with van der Waals surface area (Å²) in [6, 6.07) is 0. The zero-order valence-corrected chi connectivity index (χ0v) is 6.77. The molecule has 5 N–H and O–H groups in total. The normalized spacial score (nSPS) is 7.60. The molecule has 0 aliphatic heterocycles. The van der Waals surface area contributed by atoms with E-state index in [0.717, 1.165) is 5.71 Å². The van der Waals surface area contributed by atoms with Gasteiger partial charge in [0.05, 0.1) is 0 Å². The van der Waals surface area contributed by atoms with Gasteiger partial charge in [-0.1, -0.05) is 0 Å². The van der Waals surface area contributed by atoms with Gasteiger partial charge in [0.1, 0.15) is 0 Å². The summed E-state index contributed by atoms with van der Waals surface area (Å²) in [6.45, 7) is 3.52. The molecule has 0 rings (SSSR count). The van der Waals surface area contributed by atoms with Gasteiger partial charge >= 0.3 is 0 Å². The van der Waals surface area contributed by atoms with Crippen LogP contribution in [0.15, 0.2) is 4.99 Å².